The summed E-state index contributed by atoms with van der Waals surface area (Å²) in [4.78, 5) is 5.58. The van der Waals surface area contributed by atoms with Gasteiger partial charge in [0.1, 0.15) is 24.9 Å². The van der Waals surface area contributed by atoms with Crippen LogP contribution >= 0.6 is 0 Å². The Morgan fingerprint density at radius 3 is 1.69 bits per heavy atom. The van der Waals surface area contributed by atoms with Gasteiger partial charge in [-0.25, -0.2) is 0 Å². The molecule has 158 valence electrons. The molecule has 0 heterocycles. The summed E-state index contributed by atoms with van der Waals surface area (Å²) in [6.07, 6.45) is -0.596. The van der Waals surface area contributed by atoms with Crippen molar-refractivity contribution in [2.75, 3.05) is 45.9 Å². The lowest BCUT2D eigenvalue weighted by atomic mass is 10.2. The monoisotopic (exact) mass is 379 g/mol. The van der Waals surface area contributed by atoms with Gasteiger partial charge >= 0.3 is 0 Å². The molecule has 0 aliphatic rings. The highest BCUT2D eigenvalue weighted by Crippen LogP contribution is 2.05. The van der Waals surface area contributed by atoms with Crippen LogP contribution in [0.1, 0.15) is 40.5 Å². The first kappa shape index (κ1) is 25.6. The number of hydrogen-bond donors (Lipinski definition) is 6. The Balaban J connectivity index is 4.45. The van der Waals surface area contributed by atoms with Gasteiger partial charge < -0.3 is 26.2 Å². The second-order valence-electron chi connectivity index (χ2n) is 6.82. The van der Waals surface area contributed by atoms with E-state index >= 15 is 0 Å². The van der Waals surface area contributed by atoms with Crippen molar-refractivity contribution >= 4 is 0 Å². The Morgan fingerprint density at radius 2 is 1.23 bits per heavy atom. The van der Waals surface area contributed by atoms with E-state index < -0.39 is 24.9 Å². The number of nitrogens with two attached hydrogens (primary N) is 1. The van der Waals surface area contributed by atoms with E-state index in [1.165, 1.54) is 0 Å². The van der Waals surface area contributed by atoms with Crippen LogP contribution in [0.5, 0.6) is 0 Å². The SMILES string of the molecule is CC(O)NCCCCN(CCN(CN(CCN)C(C)O)C(C)O)C(C)O. The maximum Gasteiger partial charge on any atom is 0.105 e. The standard InChI is InChI=1S/C17H41N5O4/c1-14(23)19-8-5-6-9-20(15(2)24)11-12-22(17(4)26)13-21(10-7-18)16(3)25/h14-17,19,23-26H,5-13,18H2,1-4H3. The third kappa shape index (κ3) is 12.1. The van der Waals surface area contributed by atoms with E-state index in [0.29, 0.717) is 32.8 Å². The maximum atomic E-state index is 10.0. The van der Waals surface area contributed by atoms with E-state index in [1.54, 1.807) is 32.6 Å². The van der Waals surface area contributed by atoms with Crippen LogP contribution in [0.15, 0.2) is 0 Å². The minimum absolute atomic E-state index is 0.401. The summed E-state index contributed by atoms with van der Waals surface area (Å²) >= 11 is 0. The number of nitrogens with one attached hydrogen (secondary N) is 1. The van der Waals surface area contributed by atoms with Crippen molar-refractivity contribution in [1.29, 1.82) is 0 Å². The fourth-order valence-electron chi connectivity index (χ4n) is 2.64. The number of rotatable bonds is 16. The predicted molar refractivity (Wildman–Crippen MR) is 103 cm³/mol. The highest BCUT2D eigenvalue weighted by atomic mass is 16.3. The van der Waals surface area contributed by atoms with Gasteiger partial charge in [-0.05, 0) is 47.1 Å². The minimum atomic E-state index is -0.667. The minimum Gasteiger partial charge on any atom is -0.379 e. The molecule has 0 fully saturated rings. The van der Waals surface area contributed by atoms with E-state index in [4.69, 9.17) is 5.73 Å². The van der Waals surface area contributed by atoms with E-state index in [2.05, 4.69) is 5.32 Å². The third-order valence-corrected chi connectivity index (χ3v) is 4.35. The van der Waals surface area contributed by atoms with Crippen LogP contribution in [0.4, 0.5) is 0 Å². The molecule has 0 aromatic rings. The lowest BCUT2D eigenvalue weighted by molar-refractivity contribution is -0.0743. The number of aliphatic hydroxyl groups is 4. The van der Waals surface area contributed by atoms with Crippen LogP contribution in [0, 0.1) is 0 Å². The highest BCUT2D eigenvalue weighted by molar-refractivity contribution is 4.68. The summed E-state index contributed by atoms with van der Waals surface area (Å²) in [5, 5.41) is 42.0. The lowest BCUT2D eigenvalue weighted by Crippen LogP contribution is -2.50. The average Bonchev–Trinajstić information content (AvgIpc) is 2.53. The summed E-state index contributed by atoms with van der Waals surface area (Å²) < 4.78 is 0. The molecule has 0 bridgehead atoms. The van der Waals surface area contributed by atoms with Gasteiger partial charge in [-0.2, -0.15) is 0 Å². The topological polar surface area (TPSA) is 129 Å². The van der Waals surface area contributed by atoms with Gasteiger partial charge in [0.15, 0.2) is 0 Å². The zero-order valence-electron chi connectivity index (χ0n) is 16.9. The van der Waals surface area contributed by atoms with Crippen molar-refractivity contribution in [2.24, 2.45) is 5.73 Å². The molecule has 9 nitrogen and oxygen atoms in total. The van der Waals surface area contributed by atoms with Crippen LogP contribution in [0.2, 0.25) is 0 Å². The Labute approximate surface area is 158 Å². The first-order valence-corrected chi connectivity index (χ1v) is 9.56. The first-order chi connectivity index (χ1) is 12.2. The normalized spacial score (nSPS) is 17.1. The molecule has 0 radical (unpaired) electrons. The molecule has 26 heavy (non-hydrogen) atoms. The molecule has 0 amide bonds. The maximum absolute atomic E-state index is 10.0. The van der Waals surface area contributed by atoms with E-state index in [-0.39, 0.29) is 0 Å². The van der Waals surface area contributed by atoms with Crippen molar-refractivity contribution in [3.05, 3.63) is 0 Å². The van der Waals surface area contributed by atoms with Gasteiger partial charge in [0.2, 0.25) is 0 Å². The first-order valence-electron chi connectivity index (χ1n) is 9.56. The summed E-state index contributed by atoms with van der Waals surface area (Å²) in [6.45, 7) is 10.8. The second kappa shape index (κ2) is 14.7. The van der Waals surface area contributed by atoms with E-state index in [0.717, 1.165) is 25.9 Å². The predicted octanol–water partition coefficient (Wildman–Crippen LogP) is -1.47. The molecule has 7 N–H and O–H groups in total. The Hall–Kier alpha value is -0.360. The molecule has 4 atom stereocenters. The number of unbranched alkanes of at least 4 members (excludes halogenated alkanes) is 1. The van der Waals surface area contributed by atoms with Crippen LogP contribution in [0.3, 0.4) is 0 Å². The van der Waals surface area contributed by atoms with Crippen molar-refractivity contribution in [3.63, 3.8) is 0 Å². The van der Waals surface area contributed by atoms with Gasteiger partial charge in [-0.15, -0.1) is 0 Å². The summed E-state index contributed by atoms with van der Waals surface area (Å²) in [5.41, 5.74) is 5.58. The van der Waals surface area contributed by atoms with E-state index in [1.807, 2.05) is 9.80 Å². The smallest absolute Gasteiger partial charge is 0.105 e. The molecule has 0 aliphatic heterocycles. The number of nitrogens with zero attached hydrogens (tertiary/aromatic N) is 3. The molecule has 9 heteroatoms. The van der Waals surface area contributed by atoms with Crippen molar-refractivity contribution in [2.45, 2.75) is 65.4 Å². The van der Waals surface area contributed by atoms with Gasteiger partial charge in [0.25, 0.3) is 0 Å². The second-order valence-corrected chi connectivity index (χ2v) is 6.82. The van der Waals surface area contributed by atoms with Crippen LogP contribution < -0.4 is 11.1 Å². The molecule has 0 rings (SSSR count). The Morgan fingerprint density at radius 1 is 0.731 bits per heavy atom. The molecular formula is C17H41N5O4. The lowest BCUT2D eigenvalue weighted by Gasteiger charge is -2.35. The van der Waals surface area contributed by atoms with Gasteiger partial charge in [-0.1, -0.05) is 0 Å². The summed E-state index contributed by atoms with van der Waals surface area (Å²) in [5.74, 6) is 0. The van der Waals surface area contributed by atoms with Crippen molar-refractivity contribution in [1.82, 2.24) is 20.0 Å². The van der Waals surface area contributed by atoms with Gasteiger partial charge in [0.05, 0.1) is 6.67 Å². The van der Waals surface area contributed by atoms with Gasteiger partial charge in [0, 0.05) is 32.7 Å². The quantitative estimate of drug-likeness (QED) is 0.141. The zero-order valence-corrected chi connectivity index (χ0v) is 16.9. The summed E-state index contributed by atoms with van der Waals surface area (Å²) in [7, 11) is 0. The Bertz CT molecular complexity index is 332. The third-order valence-electron chi connectivity index (χ3n) is 4.35. The largest absolute Gasteiger partial charge is 0.379 e. The molecule has 0 spiro atoms. The molecule has 0 saturated heterocycles. The van der Waals surface area contributed by atoms with Crippen molar-refractivity contribution < 1.29 is 20.4 Å². The fourth-order valence-corrected chi connectivity index (χ4v) is 2.64. The summed E-state index contributed by atoms with van der Waals surface area (Å²) in [6, 6.07) is 0. The number of aliphatic hydroxyl groups excluding tert-OH is 4. The van der Waals surface area contributed by atoms with E-state index in [9.17, 15) is 20.4 Å². The molecule has 0 aromatic heterocycles. The fraction of sp³-hybridized carbons (Fsp3) is 1.00. The van der Waals surface area contributed by atoms with Crippen molar-refractivity contribution in [3.8, 4) is 0 Å². The van der Waals surface area contributed by atoms with Crippen LogP contribution in [0.25, 0.3) is 0 Å². The van der Waals surface area contributed by atoms with Crippen LogP contribution in [-0.4, -0.2) is 106 Å². The average molecular weight is 380 g/mol. The number of hydrogen-bond acceptors (Lipinski definition) is 9. The molecule has 0 saturated carbocycles. The zero-order chi connectivity index (χ0) is 20.1. The molecular weight excluding hydrogens is 338 g/mol. The molecule has 0 aliphatic carbocycles. The Kier molecular flexibility index (Phi) is 14.5. The van der Waals surface area contributed by atoms with Crippen LogP contribution in [-0.2, 0) is 0 Å². The van der Waals surface area contributed by atoms with Gasteiger partial charge in [-0.3, -0.25) is 20.0 Å². The molecule has 0 aromatic carbocycles. The highest BCUT2D eigenvalue weighted by Gasteiger charge is 2.20. The molecule has 4 unspecified atom stereocenters.